The Morgan fingerprint density at radius 1 is 0.420 bits per heavy atom. The molecule has 2 heterocycles. The quantitative estimate of drug-likeness (QED) is 0.129. The molecule has 0 saturated carbocycles. The SMILES string of the molecule is [2H]c1c([2H])c([2H])c(-c2nc(-c3c([2H])c([2H])c([2H])c([Si](c4ccccc4)(c4ccccc4)c4ccccc4)c3[2H])nc(-n3c4c([2H])c([2H])c([2H])c([2H])c4c4c([2H])c([2H])c([2H])c([2H])c43)n2)c([2H])c1[2H]. The second kappa shape index (κ2) is 12.5. The number of hydrogen-bond acceptors (Lipinski definition) is 3. The molecule has 7 aromatic carbocycles. The molecule has 0 fully saturated rings. The van der Waals surface area contributed by atoms with Gasteiger partial charge in [-0.15, -0.1) is 0 Å². The van der Waals surface area contributed by atoms with Crippen LogP contribution in [0.5, 0.6) is 0 Å². The van der Waals surface area contributed by atoms with Crippen molar-refractivity contribution in [3.8, 4) is 28.7 Å². The molecule has 50 heavy (non-hydrogen) atoms. The first-order chi connectivity index (χ1) is 31.9. The Kier molecular flexibility index (Phi) is 4.21. The zero-order chi connectivity index (χ0) is 48.1. The van der Waals surface area contributed by atoms with Crippen LogP contribution < -0.4 is 20.7 Å². The third kappa shape index (κ3) is 4.95. The molecule has 0 saturated heterocycles. The molecule has 236 valence electrons. The molecule has 0 spiro atoms. The zero-order valence-corrected chi connectivity index (χ0v) is 26.9. The Bertz CT molecular complexity index is 3350. The lowest BCUT2D eigenvalue weighted by Crippen LogP contribution is -2.74. The van der Waals surface area contributed by atoms with Crippen LogP contribution in [0.4, 0.5) is 0 Å². The number of aromatic nitrogens is 4. The van der Waals surface area contributed by atoms with E-state index in [0.717, 1.165) is 4.57 Å². The van der Waals surface area contributed by atoms with Gasteiger partial charge in [0.25, 0.3) is 0 Å². The van der Waals surface area contributed by atoms with Gasteiger partial charge in [0.1, 0.15) is 0 Å². The van der Waals surface area contributed by atoms with Crippen molar-refractivity contribution in [2.24, 2.45) is 0 Å². The predicted octanol–water partition coefficient (Wildman–Crippen LogP) is 7.68. The van der Waals surface area contributed by atoms with Crippen molar-refractivity contribution in [2.45, 2.75) is 0 Å². The Morgan fingerprint density at radius 3 is 1.42 bits per heavy atom. The molecule has 9 rings (SSSR count). The van der Waals surface area contributed by atoms with Gasteiger partial charge in [-0.1, -0.05) is 182 Å². The van der Waals surface area contributed by atoms with Gasteiger partial charge in [0.05, 0.1) is 34.3 Å². The first-order valence-corrected chi connectivity index (χ1v) is 17.5. The van der Waals surface area contributed by atoms with Gasteiger partial charge in [0.2, 0.25) is 5.95 Å². The maximum atomic E-state index is 10.2. The van der Waals surface area contributed by atoms with Gasteiger partial charge in [0.15, 0.2) is 19.7 Å². The largest absolute Gasteiger partial charge is 0.278 e. The maximum Gasteiger partial charge on any atom is 0.238 e. The Hall–Kier alpha value is -6.43. The van der Waals surface area contributed by atoms with E-state index >= 15 is 0 Å². The Labute approximate surface area is 315 Å². The van der Waals surface area contributed by atoms with E-state index < -0.39 is 151 Å². The van der Waals surface area contributed by atoms with Crippen LogP contribution in [0.3, 0.4) is 0 Å². The van der Waals surface area contributed by atoms with E-state index in [9.17, 15) is 5.48 Å². The molecule has 0 bridgehead atoms. The number of benzene rings is 7. The lowest BCUT2D eigenvalue weighted by Gasteiger charge is -2.34. The summed E-state index contributed by atoms with van der Waals surface area (Å²) in [5, 5.41) is 1.52. The first kappa shape index (κ1) is 16.8. The van der Waals surface area contributed by atoms with Crippen molar-refractivity contribution >= 4 is 50.6 Å². The Balaban J connectivity index is 1.51. The highest BCUT2D eigenvalue weighted by molar-refractivity contribution is 7.19. The number of nitrogens with zero attached hydrogens (tertiary/aromatic N) is 4. The third-order valence-corrected chi connectivity index (χ3v) is 13.0. The van der Waals surface area contributed by atoms with E-state index in [-0.39, 0.29) is 16.0 Å². The summed E-state index contributed by atoms with van der Waals surface area (Å²) in [6.07, 6.45) is 0. The van der Waals surface area contributed by atoms with E-state index in [4.69, 9.17) is 17.8 Å². The molecule has 0 unspecified atom stereocenters. The van der Waals surface area contributed by atoms with Crippen molar-refractivity contribution in [1.82, 2.24) is 19.5 Å². The molecule has 0 atom stereocenters. The van der Waals surface area contributed by atoms with Crippen LogP contribution in [0.15, 0.2) is 194 Å². The minimum absolute atomic E-state index is 0.0542. The molecule has 0 amide bonds. The van der Waals surface area contributed by atoms with Crippen LogP contribution in [0.25, 0.3) is 50.5 Å². The summed E-state index contributed by atoms with van der Waals surface area (Å²) in [6.45, 7) is 0. The maximum absolute atomic E-state index is 10.2. The normalized spacial score (nSPS) is 16.4. The summed E-state index contributed by atoms with van der Waals surface area (Å²) in [5.41, 5.74) is -1.86. The molecular weight excluding hydrogens is 625 g/mol. The average molecular weight is 674 g/mol. The highest BCUT2D eigenvalue weighted by atomic mass is 28.3. The van der Waals surface area contributed by atoms with E-state index in [2.05, 4.69) is 15.0 Å². The van der Waals surface area contributed by atoms with Crippen molar-refractivity contribution < 1.29 is 23.3 Å². The highest BCUT2D eigenvalue weighted by Crippen LogP contribution is 2.32. The average Bonchev–Trinajstić information content (AvgIpc) is 3.71. The molecule has 0 aliphatic heterocycles. The monoisotopic (exact) mass is 673 g/mol. The fourth-order valence-electron chi connectivity index (χ4n) is 6.31. The van der Waals surface area contributed by atoms with Gasteiger partial charge >= 0.3 is 0 Å². The number of hydrogen-bond donors (Lipinski definition) is 0. The standard InChI is InChI=1S/C45H32N4Si/c1-5-18-33(19-6-1)43-46-44(48-45(47-43)49-41-30-15-13-28-39(41)40-29-14-16-31-42(40)49)34-20-17-27-38(32-34)50(35-21-7-2-8-22-35,36-23-9-3-10-24-36)37-25-11-4-12-26-37/h1-32H/i1D,5D,6D,13D,14D,15D,16D,17D,18D,19D,20D,27D,28D,29D,30D,31D,32D. The van der Waals surface area contributed by atoms with E-state index in [1.165, 1.54) is 0 Å². The molecule has 2 aromatic heterocycles. The van der Waals surface area contributed by atoms with Crippen LogP contribution in [-0.2, 0) is 0 Å². The van der Waals surface area contributed by atoms with E-state index in [1.54, 1.807) is 0 Å². The fourth-order valence-corrected chi connectivity index (χ4v) is 10.8. The van der Waals surface area contributed by atoms with Crippen LogP contribution in [0, 0.1) is 0 Å². The molecule has 4 nitrogen and oxygen atoms in total. The van der Waals surface area contributed by atoms with Crippen LogP contribution >= 0.6 is 0 Å². The smallest absolute Gasteiger partial charge is 0.238 e. The number of fused-ring (bicyclic) bond motifs is 3. The fraction of sp³-hybridized carbons (Fsp3) is 0. The summed E-state index contributed by atoms with van der Waals surface area (Å²) in [5.74, 6) is -1.89. The second-order valence-corrected chi connectivity index (χ2v) is 14.9. The Morgan fingerprint density at radius 2 is 0.880 bits per heavy atom. The summed E-state index contributed by atoms with van der Waals surface area (Å²) in [7, 11) is -3.87. The highest BCUT2D eigenvalue weighted by Gasteiger charge is 2.41. The molecular formula is C45H32N4Si. The summed E-state index contributed by atoms with van der Waals surface area (Å²) in [6, 6.07) is 15.8. The molecule has 9 aromatic rings. The van der Waals surface area contributed by atoms with Crippen molar-refractivity contribution in [2.75, 3.05) is 0 Å². The molecule has 0 radical (unpaired) electrons. The lowest BCUT2D eigenvalue weighted by molar-refractivity contribution is 0.953. The zero-order valence-electron chi connectivity index (χ0n) is 42.9. The minimum atomic E-state index is -3.87. The van der Waals surface area contributed by atoms with Crippen LogP contribution in [0.2, 0.25) is 0 Å². The summed E-state index contributed by atoms with van der Waals surface area (Å²) in [4.78, 5) is 13.8. The van der Waals surface area contributed by atoms with Gasteiger partial charge in [-0.05, 0) is 32.8 Å². The topological polar surface area (TPSA) is 43.6 Å². The predicted molar refractivity (Wildman–Crippen MR) is 209 cm³/mol. The summed E-state index contributed by atoms with van der Waals surface area (Å²) >= 11 is 0. The third-order valence-electron chi connectivity index (χ3n) is 8.42. The first-order valence-electron chi connectivity index (χ1n) is 24.0. The summed E-state index contributed by atoms with van der Waals surface area (Å²) < 4.78 is 153. The lowest BCUT2D eigenvalue weighted by atomic mass is 10.2. The molecule has 5 heteroatoms. The van der Waals surface area contributed by atoms with Gasteiger partial charge in [0, 0.05) is 21.9 Å². The van der Waals surface area contributed by atoms with Crippen molar-refractivity contribution in [1.29, 1.82) is 0 Å². The van der Waals surface area contributed by atoms with Gasteiger partial charge in [-0.25, -0.2) is 4.98 Å². The van der Waals surface area contributed by atoms with Crippen LogP contribution in [-0.4, -0.2) is 27.6 Å². The second-order valence-electron chi connectivity index (χ2n) is 11.2. The van der Waals surface area contributed by atoms with Crippen molar-refractivity contribution in [3.05, 3.63) is 194 Å². The number of rotatable bonds is 7. The van der Waals surface area contributed by atoms with Crippen LogP contribution in [0.1, 0.15) is 23.3 Å². The van der Waals surface area contributed by atoms with Crippen molar-refractivity contribution in [3.63, 3.8) is 0 Å². The number of para-hydroxylation sites is 2. The van der Waals surface area contributed by atoms with Gasteiger partial charge < -0.3 is 0 Å². The minimum Gasteiger partial charge on any atom is -0.278 e. The van der Waals surface area contributed by atoms with Gasteiger partial charge in [-0.3, -0.25) is 4.57 Å². The van der Waals surface area contributed by atoms with E-state index in [0.29, 0.717) is 15.6 Å². The molecule has 0 N–H and O–H groups in total. The molecule has 0 aliphatic carbocycles. The van der Waals surface area contributed by atoms with E-state index in [1.807, 2.05) is 91.0 Å². The van der Waals surface area contributed by atoms with Gasteiger partial charge in [-0.2, -0.15) is 9.97 Å². The molecule has 0 aliphatic rings.